The second-order valence-corrected chi connectivity index (χ2v) is 6.59. The van der Waals surface area contributed by atoms with Gasteiger partial charge in [-0.15, -0.1) is 0 Å². The number of nitrogens with one attached hydrogen (secondary N) is 1. The van der Waals surface area contributed by atoms with Gasteiger partial charge in [0.2, 0.25) is 5.95 Å². The van der Waals surface area contributed by atoms with Crippen LogP contribution < -0.4 is 5.32 Å². The van der Waals surface area contributed by atoms with Gasteiger partial charge in [-0.2, -0.15) is 0 Å². The summed E-state index contributed by atoms with van der Waals surface area (Å²) in [4.78, 5) is 22.8. The molecular formula is C17H18Cl2N4O. The van der Waals surface area contributed by atoms with Gasteiger partial charge in [0.25, 0.3) is 5.91 Å². The molecular weight excluding hydrogens is 347 g/mol. The van der Waals surface area contributed by atoms with Crippen LogP contribution in [0.25, 0.3) is 0 Å². The molecule has 1 aliphatic rings. The number of amides is 1. The van der Waals surface area contributed by atoms with Crippen molar-refractivity contribution in [2.45, 2.75) is 25.7 Å². The molecule has 2 heterocycles. The lowest BCUT2D eigenvalue weighted by molar-refractivity contribution is 0.0761. The summed E-state index contributed by atoms with van der Waals surface area (Å²) < 4.78 is 0. The Bertz CT molecular complexity index is 713. The Morgan fingerprint density at radius 1 is 1.04 bits per heavy atom. The summed E-state index contributed by atoms with van der Waals surface area (Å²) in [5, 5.41) is 4.06. The monoisotopic (exact) mass is 364 g/mol. The third kappa shape index (κ3) is 4.16. The van der Waals surface area contributed by atoms with Crippen molar-refractivity contribution in [3.63, 3.8) is 0 Å². The highest BCUT2D eigenvalue weighted by molar-refractivity contribution is 6.36. The molecule has 0 atom stereocenters. The minimum atomic E-state index is -0.00650. The van der Waals surface area contributed by atoms with Crippen LogP contribution in [0.1, 0.15) is 36.0 Å². The molecule has 1 aromatic carbocycles. The highest BCUT2D eigenvalue weighted by atomic mass is 35.5. The first-order valence-corrected chi connectivity index (χ1v) is 8.72. The molecule has 7 heteroatoms. The van der Waals surface area contributed by atoms with E-state index in [2.05, 4.69) is 15.3 Å². The van der Waals surface area contributed by atoms with Crippen LogP contribution in [0, 0.1) is 0 Å². The van der Waals surface area contributed by atoms with E-state index in [9.17, 15) is 4.79 Å². The summed E-state index contributed by atoms with van der Waals surface area (Å²) in [5.74, 6) is 0.375. The average Bonchev–Trinajstić information content (AvgIpc) is 2.87. The summed E-state index contributed by atoms with van der Waals surface area (Å²) in [7, 11) is 0. The van der Waals surface area contributed by atoms with Gasteiger partial charge in [0.05, 0.1) is 16.3 Å². The zero-order valence-corrected chi connectivity index (χ0v) is 14.6. The van der Waals surface area contributed by atoms with Crippen molar-refractivity contribution in [2.24, 2.45) is 0 Å². The summed E-state index contributed by atoms with van der Waals surface area (Å²) in [6, 6.07) is 5.13. The molecule has 1 saturated heterocycles. The Labute approximate surface area is 151 Å². The number of anilines is 2. The summed E-state index contributed by atoms with van der Waals surface area (Å²) in [5.41, 5.74) is 1.16. The molecule has 1 N–H and O–H groups in total. The zero-order valence-electron chi connectivity index (χ0n) is 13.1. The van der Waals surface area contributed by atoms with Crippen molar-refractivity contribution in [3.05, 3.63) is 46.2 Å². The molecule has 0 aliphatic carbocycles. The Morgan fingerprint density at radius 2 is 1.71 bits per heavy atom. The second-order valence-electron chi connectivity index (χ2n) is 5.75. The van der Waals surface area contributed by atoms with Gasteiger partial charge in [-0.3, -0.25) is 4.79 Å². The van der Waals surface area contributed by atoms with Gasteiger partial charge >= 0.3 is 0 Å². The predicted molar refractivity (Wildman–Crippen MR) is 96.1 cm³/mol. The number of rotatable bonds is 3. The lowest BCUT2D eigenvalue weighted by atomic mass is 10.2. The third-order valence-corrected chi connectivity index (χ3v) is 4.52. The lowest BCUT2D eigenvalue weighted by Gasteiger charge is -2.19. The zero-order chi connectivity index (χ0) is 16.9. The largest absolute Gasteiger partial charge is 0.339 e. The van der Waals surface area contributed by atoms with Crippen molar-refractivity contribution in [2.75, 3.05) is 18.4 Å². The van der Waals surface area contributed by atoms with E-state index in [1.54, 1.807) is 30.6 Å². The van der Waals surface area contributed by atoms with E-state index in [1.165, 1.54) is 12.8 Å². The van der Waals surface area contributed by atoms with Gasteiger partial charge < -0.3 is 10.2 Å². The van der Waals surface area contributed by atoms with E-state index in [0.717, 1.165) is 25.9 Å². The topological polar surface area (TPSA) is 58.1 Å². The third-order valence-electron chi connectivity index (χ3n) is 3.97. The minimum absolute atomic E-state index is 0.00650. The number of aromatic nitrogens is 2. The van der Waals surface area contributed by atoms with Gasteiger partial charge in [0.1, 0.15) is 0 Å². The highest BCUT2D eigenvalue weighted by Gasteiger charge is 2.18. The average molecular weight is 365 g/mol. The van der Waals surface area contributed by atoms with E-state index in [0.29, 0.717) is 27.2 Å². The van der Waals surface area contributed by atoms with E-state index in [-0.39, 0.29) is 5.91 Å². The van der Waals surface area contributed by atoms with Crippen LogP contribution in [0.4, 0.5) is 11.6 Å². The molecule has 0 radical (unpaired) electrons. The first-order chi connectivity index (χ1) is 11.6. The quantitative estimate of drug-likeness (QED) is 0.867. The number of hydrogen-bond donors (Lipinski definition) is 1. The minimum Gasteiger partial charge on any atom is -0.339 e. The number of hydrogen-bond acceptors (Lipinski definition) is 4. The Hall–Kier alpha value is -1.85. The molecule has 24 heavy (non-hydrogen) atoms. The number of carbonyl (C=O) groups excluding carboxylic acids is 1. The molecule has 1 amide bonds. The van der Waals surface area contributed by atoms with Crippen molar-refractivity contribution in [1.29, 1.82) is 0 Å². The van der Waals surface area contributed by atoms with Crippen molar-refractivity contribution in [1.82, 2.24) is 14.9 Å². The highest BCUT2D eigenvalue weighted by Crippen LogP contribution is 2.27. The molecule has 5 nitrogen and oxygen atoms in total. The molecule has 1 aromatic heterocycles. The molecule has 1 aliphatic heterocycles. The number of likely N-dealkylation sites (tertiary alicyclic amines) is 1. The first-order valence-electron chi connectivity index (χ1n) is 7.97. The van der Waals surface area contributed by atoms with Crippen molar-refractivity contribution in [3.8, 4) is 0 Å². The van der Waals surface area contributed by atoms with Crippen LogP contribution in [0.15, 0.2) is 30.6 Å². The maximum absolute atomic E-state index is 12.5. The Morgan fingerprint density at radius 3 is 2.33 bits per heavy atom. The van der Waals surface area contributed by atoms with Crippen LogP contribution in [0.5, 0.6) is 0 Å². The SMILES string of the molecule is O=C(c1cnc(Nc2ccc(Cl)cc2Cl)nc1)N1CCCCCC1. The molecule has 2 aromatic rings. The number of halogens is 2. The standard InChI is InChI=1S/C17H18Cl2N4O/c18-13-5-6-15(14(19)9-13)22-17-20-10-12(11-21-17)16(24)23-7-3-1-2-4-8-23/h5-6,9-11H,1-4,7-8H2,(H,20,21,22). The molecule has 3 rings (SSSR count). The van der Waals surface area contributed by atoms with E-state index in [4.69, 9.17) is 23.2 Å². The van der Waals surface area contributed by atoms with Crippen molar-refractivity contribution < 1.29 is 4.79 Å². The lowest BCUT2D eigenvalue weighted by Crippen LogP contribution is -2.32. The van der Waals surface area contributed by atoms with Crippen LogP contribution in [0.2, 0.25) is 10.0 Å². The number of carbonyl (C=O) groups is 1. The van der Waals surface area contributed by atoms with Gasteiger partial charge in [-0.1, -0.05) is 36.0 Å². The Kier molecular flexibility index (Phi) is 5.53. The summed E-state index contributed by atoms with van der Waals surface area (Å²) >= 11 is 12.0. The summed E-state index contributed by atoms with van der Waals surface area (Å²) in [6.45, 7) is 1.61. The second kappa shape index (κ2) is 7.81. The van der Waals surface area contributed by atoms with Crippen LogP contribution in [0.3, 0.4) is 0 Å². The molecule has 1 fully saturated rings. The Balaban J connectivity index is 1.69. The van der Waals surface area contributed by atoms with Gasteiger partial charge in [0.15, 0.2) is 0 Å². The smallest absolute Gasteiger partial charge is 0.256 e. The fourth-order valence-corrected chi connectivity index (χ4v) is 3.13. The summed E-state index contributed by atoms with van der Waals surface area (Å²) in [6.07, 6.45) is 7.58. The van der Waals surface area contributed by atoms with Gasteiger partial charge in [-0.25, -0.2) is 9.97 Å². The van der Waals surface area contributed by atoms with Gasteiger partial charge in [-0.05, 0) is 31.0 Å². The van der Waals surface area contributed by atoms with Gasteiger partial charge in [0, 0.05) is 30.5 Å². The fraction of sp³-hybridized carbons (Fsp3) is 0.353. The van der Waals surface area contributed by atoms with Crippen LogP contribution >= 0.6 is 23.2 Å². The normalized spacial score (nSPS) is 15.0. The fourth-order valence-electron chi connectivity index (χ4n) is 2.67. The molecule has 0 bridgehead atoms. The maximum Gasteiger partial charge on any atom is 0.256 e. The van der Waals surface area contributed by atoms with Crippen LogP contribution in [-0.4, -0.2) is 33.9 Å². The molecule has 0 spiro atoms. The number of nitrogens with zero attached hydrogens (tertiary/aromatic N) is 3. The molecule has 126 valence electrons. The van der Waals surface area contributed by atoms with Crippen molar-refractivity contribution >= 4 is 40.7 Å². The van der Waals surface area contributed by atoms with E-state index >= 15 is 0 Å². The predicted octanol–water partition coefficient (Wildman–Crippen LogP) is 4.54. The molecule has 0 saturated carbocycles. The van der Waals surface area contributed by atoms with E-state index in [1.807, 2.05) is 4.90 Å². The van der Waals surface area contributed by atoms with Crippen LogP contribution in [-0.2, 0) is 0 Å². The maximum atomic E-state index is 12.5. The number of benzene rings is 1. The first kappa shape index (κ1) is 17.0. The molecule has 0 unspecified atom stereocenters. The van der Waals surface area contributed by atoms with E-state index < -0.39 is 0 Å².